The normalized spacial score (nSPS) is 11.9. The topological polar surface area (TPSA) is 41.6 Å². The van der Waals surface area contributed by atoms with Crippen molar-refractivity contribution in [2.75, 3.05) is 32.1 Å². The standard InChI is InChI=1S/C15H24N2O2/c1-4-14(15(18)19-3)16-11-8-12-17(2)13-9-6-5-7-10-13/h5-7,9-10,14,16H,4,8,11-12H2,1-3H3. The highest BCUT2D eigenvalue weighted by molar-refractivity contribution is 5.75. The lowest BCUT2D eigenvalue weighted by molar-refractivity contribution is -0.143. The molecule has 0 amide bonds. The van der Waals surface area contributed by atoms with E-state index >= 15 is 0 Å². The van der Waals surface area contributed by atoms with Crippen LogP contribution in [0.2, 0.25) is 0 Å². The minimum atomic E-state index is -0.188. The summed E-state index contributed by atoms with van der Waals surface area (Å²) in [4.78, 5) is 13.6. The predicted molar refractivity (Wildman–Crippen MR) is 78.4 cm³/mol. The van der Waals surface area contributed by atoms with Gasteiger partial charge >= 0.3 is 5.97 Å². The summed E-state index contributed by atoms with van der Waals surface area (Å²) >= 11 is 0. The fraction of sp³-hybridized carbons (Fsp3) is 0.533. The van der Waals surface area contributed by atoms with E-state index < -0.39 is 0 Å². The van der Waals surface area contributed by atoms with Gasteiger partial charge in [-0.2, -0.15) is 0 Å². The molecule has 106 valence electrons. The number of ether oxygens (including phenoxy) is 1. The van der Waals surface area contributed by atoms with Crippen LogP contribution in [0.1, 0.15) is 19.8 Å². The quantitative estimate of drug-likeness (QED) is 0.576. The highest BCUT2D eigenvalue weighted by Crippen LogP contribution is 2.10. The zero-order valence-corrected chi connectivity index (χ0v) is 12.1. The monoisotopic (exact) mass is 264 g/mol. The van der Waals surface area contributed by atoms with E-state index in [-0.39, 0.29) is 12.0 Å². The number of carbonyl (C=O) groups is 1. The summed E-state index contributed by atoms with van der Waals surface area (Å²) in [6.07, 6.45) is 1.74. The number of nitrogens with zero attached hydrogens (tertiary/aromatic N) is 1. The molecule has 1 aromatic carbocycles. The number of rotatable bonds is 8. The smallest absolute Gasteiger partial charge is 0.322 e. The summed E-state index contributed by atoms with van der Waals surface area (Å²) in [5.41, 5.74) is 1.21. The van der Waals surface area contributed by atoms with Crippen LogP contribution >= 0.6 is 0 Å². The van der Waals surface area contributed by atoms with Crippen LogP contribution in [0.5, 0.6) is 0 Å². The molecule has 0 saturated heterocycles. The van der Waals surface area contributed by atoms with Crippen molar-refractivity contribution < 1.29 is 9.53 Å². The van der Waals surface area contributed by atoms with E-state index in [2.05, 4.69) is 29.4 Å². The number of methoxy groups -OCH3 is 1. The lowest BCUT2D eigenvalue weighted by Gasteiger charge is -2.20. The fourth-order valence-electron chi connectivity index (χ4n) is 1.94. The van der Waals surface area contributed by atoms with Crippen molar-refractivity contribution in [2.24, 2.45) is 0 Å². The molecule has 1 aromatic rings. The van der Waals surface area contributed by atoms with Crippen molar-refractivity contribution in [3.05, 3.63) is 30.3 Å². The van der Waals surface area contributed by atoms with Crippen LogP contribution in [0.15, 0.2) is 30.3 Å². The van der Waals surface area contributed by atoms with Gasteiger partial charge in [-0.1, -0.05) is 25.1 Å². The van der Waals surface area contributed by atoms with E-state index in [1.165, 1.54) is 12.8 Å². The average molecular weight is 264 g/mol. The largest absolute Gasteiger partial charge is 0.468 e. The zero-order chi connectivity index (χ0) is 14.1. The Morgan fingerprint density at radius 2 is 2.05 bits per heavy atom. The third kappa shape index (κ3) is 5.30. The van der Waals surface area contributed by atoms with E-state index in [4.69, 9.17) is 4.74 Å². The summed E-state index contributed by atoms with van der Waals surface area (Å²) in [6, 6.07) is 10.1. The number of esters is 1. The molecule has 1 unspecified atom stereocenters. The summed E-state index contributed by atoms with van der Waals surface area (Å²) in [5, 5.41) is 3.23. The molecular formula is C15H24N2O2. The lowest BCUT2D eigenvalue weighted by atomic mass is 10.2. The molecule has 4 heteroatoms. The molecule has 0 radical (unpaired) electrons. The molecule has 0 saturated carbocycles. The van der Waals surface area contributed by atoms with Gasteiger partial charge < -0.3 is 15.0 Å². The Labute approximate surface area is 115 Å². The first-order chi connectivity index (χ1) is 9.19. The maximum atomic E-state index is 11.4. The van der Waals surface area contributed by atoms with Gasteiger partial charge in [-0.05, 0) is 31.5 Å². The van der Waals surface area contributed by atoms with Crippen molar-refractivity contribution in [3.8, 4) is 0 Å². The molecule has 1 atom stereocenters. The molecule has 0 spiro atoms. The van der Waals surface area contributed by atoms with Gasteiger partial charge in [-0.3, -0.25) is 4.79 Å². The first-order valence-corrected chi connectivity index (χ1v) is 6.76. The SMILES string of the molecule is CCC(NCCCN(C)c1ccccc1)C(=O)OC. The number of carbonyl (C=O) groups excluding carboxylic acids is 1. The second kappa shape index (κ2) is 8.53. The summed E-state index contributed by atoms with van der Waals surface area (Å²) in [5.74, 6) is -0.182. The molecule has 0 bridgehead atoms. The molecule has 4 nitrogen and oxygen atoms in total. The van der Waals surface area contributed by atoms with Crippen molar-refractivity contribution in [2.45, 2.75) is 25.8 Å². The molecule has 0 aliphatic carbocycles. The van der Waals surface area contributed by atoms with Crippen molar-refractivity contribution in [1.82, 2.24) is 5.32 Å². The highest BCUT2D eigenvalue weighted by atomic mass is 16.5. The molecular weight excluding hydrogens is 240 g/mol. The Bertz CT molecular complexity index is 368. The van der Waals surface area contributed by atoms with Gasteiger partial charge in [0.15, 0.2) is 0 Å². The first kappa shape index (κ1) is 15.5. The van der Waals surface area contributed by atoms with E-state index in [0.717, 1.165) is 25.9 Å². The Balaban J connectivity index is 2.25. The second-order valence-corrected chi connectivity index (χ2v) is 4.55. The van der Waals surface area contributed by atoms with Crippen LogP contribution in [0.25, 0.3) is 0 Å². The maximum absolute atomic E-state index is 11.4. The van der Waals surface area contributed by atoms with Crippen LogP contribution < -0.4 is 10.2 Å². The lowest BCUT2D eigenvalue weighted by Crippen LogP contribution is -2.38. The van der Waals surface area contributed by atoms with Crippen molar-refractivity contribution in [1.29, 1.82) is 0 Å². The molecule has 19 heavy (non-hydrogen) atoms. The summed E-state index contributed by atoms with van der Waals surface area (Å²) in [6.45, 7) is 3.74. The van der Waals surface area contributed by atoms with Crippen LogP contribution in [-0.4, -0.2) is 39.3 Å². The van der Waals surface area contributed by atoms with Gasteiger partial charge in [0.05, 0.1) is 7.11 Å². The zero-order valence-electron chi connectivity index (χ0n) is 12.1. The Morgan fingerprint density at radius 1 is 1.37 bits per heavy atom. The molecule has 1 N–H and O–H groups in total. The average Bonchev–Trinajstić information content (AvgIpc) is 2.47. The van der Waals surface area contributed by atoms with Crippen LogP contribution in [0.3, 0.4) is 0 Å². The molecule has 1 rings (SSSR count). The van der Waals surface area contributed by atoms with Gasteiger partial charge in [-0.15, -0.1) is 0 Å². The van der Waals surface area contributed by atoms with Gasteiger partial charge in [0.25, 0.3) is 0 Å². The van der Waals surface area contributed by atoms with E-state index in [9.17, 15) is 4.79 Å². The minimum absolute atomic E-state index is 0.182. The van der Waals surface area contributed by atoms with E-state index in [1.807, 2.05) is 25.1 Å². The molecule has 0 aromatic heterocycles. The Kier molecular flexibility index (Phi) is 6.97. The predicted octanol–water partition coefficient (Wildman–Crippen LogP) is 2.05. The maximum Gasteiger partial charge on any atom is 0.322 e. The molecule has 0 heterocycles. The number of nitrogens with one attached hydrogen (secondary N) is 1. The number of benzene rings is 1. The van der Waals surface area contributed by atoms with Crippen molar-refractivity contribution >= 4 is 11.7 Å². The number of hydrogen-bond acceptors (Lipinski definition) is 4. The van der Waals surface area contributed by atoms with E-state index in [0.29, 0.717) is 0 Å². The van der Waals surface area contributed by atoms with E-state index in [1.54, 1.807) is 0 Å². The van der Waals surface area contributed by atoms with Crippen LogP contribution in [0, 0.1) is 0 Å². The summed E-state index contributed by atoms with van der Waals surface area (Å²) < 4.78 is 4.74. The molecule has 0 aliphatic heterocycles. The first-order valence-electron chi connectivity index (χ1n) is 6.76. The minimum Gasteiger partial charge on any atom is -0.468 e. The third-order valence-corrected chi connectivity index (χ3v) is 3.15. The highest BCUT2D eigenvalue weighted by Gasteiger charge is 2.15. The van der Waals surface area contributed by atoms with Gasteiger partial charge in [0.2, 0.25) is 0 Å². The number of anilines is 1. The van der Waals surface area contributed by atoms with Gasteiger partial charge in [0.1, 0.15) is 6.04 Å². The van der Waals surface area contributed by atoms with Gasteiger partial charge in [-0.25, -0.2) is 0 Å². The second-order valence-electron chi connectivity index (χ2n) is 4.55. The number of hydrogen-bond donors (Lipinski definition) is 1. The molecule has 0 fully saturated rings. The van der Waals surface area contributed by atoms with Crippen molar-refractivity contribution in [3.63, 3.8) is 0 Å². The van der Waals surface area contributed by atoms with Crippen LogP contribution in [0.4, 0.5) is 5.69 Å². The third-order valence-electron chi connectivity index (χ3n) is 3.15. The van der Waals surface area contributed by atoms with Crippen LogP contribution in [-0.2, 0) is 9.53 Å². The van der Waals surface area contributed by atoms with Gasteiger partial charge in [0, 0.05) is 19.3 Å². The Morgan fingerprint density at radius 3 is 2.63 bits per heavy atom. The number of para-hydroxylation sites is 1. The molecule has 0 aliphatic rings. The fourth-order valence-corrected chi connectivity index (χ4v) is 1.94. The summed E-state index contributed by atoms with van der Waals surface area (Å²) in [7, 11) is 3.50. The Hall–Kier alpha value is -1.55.